The van der Waals surface area contributed by atoms with Gasteiger partial charge in [0, 0.05) is 20.1 Å². The van der Waals surface area contributed by atoms with Gasteiger partial charge in [-0.15, -0.1) is 0 Å². The first kappa shape index (κ1) is 14.8. The van der Waals surface area contributed by atoms with Crippen LogP contribution >= 0.6 is 0 Å². The molecule has 0 spiro atoms. The minimum atomic E-state index is 0.360. The van der Waals surface area contributed by atoms with Gasteiger partial charge in [-0.05, 0) is 25.7 Å². The fourth-order valence-corrected chi connectivity index (χ4v) is 2.65. The fourth-order valence-electron chi connectivity index (χ4n) is 2.65. The van der Waals surface area contributed by atoms with Gasteiger partial charge in [0.15, 0.2) is 0 Å². The first-order chi connectivity index (χ1) is 9.60. The van der Waals surface area contributed by atoms with Gasteiger partial charge in [0.1, 0.15) is 0 Å². The lowest BCUT2D eigenvalue weighted by molar-refractivity contribution is 0.327. The van der Waals surface area contributed by atoms with Crippen molar-refractivity contribution in [1.29, 1.82) is 0 Å². The molecule has 1 fully saturated rings. The molecule has 2 rings (SSSR count). The molecule has 4 N–H and O–H groups in total. The van der Waals surface area contributed by atoms with E-state index >= 15 is 0 Å². The summed E-state index contributed by atoms with van der Waals surface area (Å²) < 4.78 is 0. The predicted molar refractivity (Wildman–Crippen MR) is 81.6 cm³/mol. The van der Waals surface area contributed by atoms with Gasteiger partial charge < -0.3 is 10.2 Å². The summed E-state index contributed by atoms with van der Waals surface area (Å²) in [5, 5.41) is 3.40. The summed E-state index contributed by atoms with van der Waals surface area (Å²) in [7, 11) is 3.79. The Morgan fingerprint density at radius 1 is 1.10 bits per heavy atom. The maximum absolute atomic E-state index is 5.41. The van der Waals surface area contributed by atoms with Crippen LogP contribution in [-0.2, 0) is 0 Å². The molecule has 7 heteroatoms. The zero-order valence-corrected chi connectivity index (χ0v) is 12.6. The Balaban J connectivity index is 2.09. The zero-order chi connectivity index (χ0) is 14.5. The molecule has 1 heterocycles. The highest BCUT2D eigenvalue weighted by molar-refractivity contribution is 5.42. The van der Waals surface area contributed by atoms with Crippen LogP contribution in [0.1, 0.15) is 39.0 Å². The molecule has 0 aliphatic heterocycles. The monoisotopic (exact) mass is 279 g/mol. The molecule has 7 nitrogen and oxygen atoms in total. The molecule has 0 amide bonds. The second-order valence-corrected chi connectivity index (χ2v) is 5.65. The maximum Gasteiger partial charge on any atom is 0.243 e. The Morgan fingerprint density at radius 3 is 2.35 bits per heavy atom. The molecule has 1 aliphatic rings. The van der Waals surface area contributed by atoms with Crippen LogP contribution in [0.4, 0.5) is 17.8 Å². The second kappa shape index (κ2) is 6.69. The molecular formula is C13H25N7. The SMILES string of the molecule is CC(Nc1nc(NN)nc(N(C)C)n1)C1CCCCC1. The topological polar surface area (TPSA) is 92.0 Å². The van der Waals surface area contributed by atoms with Crippen LogP contribution in [0.2, 0.25) is 0 Å². The van der Waals surface area contributed by atoms with Gasteiger partial charge in [-0.2, -0.15) is 15.0 Å². The van der Waals surface area contributed by atoms with Gasteiger partial charge in [0.25, 0.3) is 0 Å². The zero-order valence-electron chi connectivity index (χ0n) is 12.6. The number of rotatable bonds is 5. The van der Waals surface area contributed by atoms with Gasteiger partial charge in [-0.1, -0.05) is 19.3 Å². The van der Waals surface area contributed by atoms with Crippen LogP contribution in [0.15, 0.2) is 0 Å². The lowest BCUT2D eigenvalue weighted by atomic mass is 9.85. The van der Waals surface area contributed by atoms with Crippen molar-refractivity contribution in [2.24, 2.45) is 11.8 Å². The minimum Gasteiger partial charge on any atom is -0.351 e. The molecule has 1 saturated carbocycles. The lowest BCUT2D eigenvalue weighted by Crippen LogP contribution is -2.29. The van der Waals surface area contributed by atoms with E-state index in [-0.39, 0.29) is 0 Å². The third-order valence-corrected chi connectivity index (χ3v) is 3.87. The summed E-state index contributed by atoms with van der Waals surface area (Å²) in [6.07, 6.45) is 6.57. The number of nitrogen functional groups attached to an aromatic ring is 1. The molecule has 1 atom stereocenters. The summed E-state index contributed by atoms with van der Waals surface area (Å²) in [5.41, 5.74) is 2.49. The number of anilines is 3. The molecule has 20 heavy (non-hydrogen) atoms. The average Bonchev–Trinajstić information content (AvgIpc) is 2.47. The van der Waals surface area contributed by atoms with Crippen LogP contribution in [-0.4, -0.2) is 35.1 Å². The van der Waals surface area contributed by atoms with Crippen LogP contribution in [0.25, 0.3) is 0 Å². The van der Waals surface area contributed by atoms with E-state index in [1.54, 1.807) is 0 Å². The van der Waals surface area contributed by atoms with E-state index < -0.39 is 0 Å². The Hall–Kier alpha value is -1.63. The predicted octanol–water partition coefficient (Wildman–Crippen LogP) is 1.60. The summed E-state index contributed by atoms with van der Waals surface area (Å²) in [5.74, 6) is 7.65. The molecule has 0 bridgehead atoms. The molecule has 1 aromatic heterocycles. The van der Waals surface area contributed by atoms with Crippen molar-refractivity contribution in [1.82, 2.24) is 15.0 Å². The quantitative estimate of drug-likeness (QED) is 0.557. The number of nitrogens with zero attached hydrogens (tertiary/aromatic N) is 4. The third-order valence-electron chi connectivity index (χ3n) is 3.87. The van der Waals surface area contributed by atoms with E-state index in [9.17, 15) is 0 Å². The van der Waals surface area contributed by atoms with Gasteiger partial charge in [0.2, 0.25) is 17.8 Å². The number of hydrazine groups is 1. The van der Waals surface area contributed by atoms with Crippen LogP contribution in [0.3, 0.4) is 0 Å². The van der Waals surface area contributed by atoms with Crippen molar-refractivity contribution >= 4 is 17.8 Å². The number of nitrogens with two attached hydrogens (primary N) is 1. The fraction of sp³-hybridized carbons (Fsp3) is 0.769. The smallest absolute Gasteiger partial charge is 0.243 e. The molecule has 0 saturated heterocycles. The Kier molecular flexibility index (Phi) is 4.94. The molecule has 0 aromatic carbocycles. The molecule has 1 aromatic rings. The molecule has 0 radical (unpaired) electrons. The number of nitrogens with one attached hydrogen (secondary N) is 2. The summed E-state index contributed by atoms with van der Waals surface area (Å²) in [6, 6.07) is 0.360. The standard InChI is InChI=1S/C13H25N7/c1-9(10-7-5-4-6-8-10)15-11-16-12(19-14)18-13(17-11)20(2)3/h9-10H,4-8,14H2,1-3H3,(H2,15,16,17,18,19). The molecule has 1 aliphatic carbocycles. The van der Waals surface area contributed by atoms with Crippen molar-refractivity contribution in [3.63, 3.8) is 0 Å². The Morgan fingerprint density at radius 2 is 1.75 bits per heavy atom. The minimum absolute atomic E-state index is 0.360. The van der Waals surface area contributed by atoms with E-state index in [1.807, 2.05) is 19.0 Å². The number of hydrogen-bond acceptors (Lipinski definition) is 7. The van der Waals surface area contributed by atoms with Crippen molar-refractivity contribution in [3.05, 3.63) is 0 Å². The molecular weight excluding hydrogens is 254 g/mol. The molecule has 112 valence electrons. The van der Waals surface area contributed by atoms with E-state index in [0.29, 0.717) is 29.8 Å². The van der Waals surface area contributed by atoms with Gasteiger partial charge in [-0.3, -0.25) is 5.43 Å². The van der Waals surface area contributed by atoms with Crippen LogP contribution < -0.4 is 21.5 Å². The largest absolute Gasteiger partial charge is 0.351 e. The molecule has 1 unspecified atom stereocenters. The van der Waals surface area contributed by atoms with Crippen LogP contribution in [0, 0.1) is 5.92 Å². The van der Waals surface area contributed by atoms with E-state index in [4.69, 9.17) is 5.84 Å². The van der Waals surface area contributed by atoms with E-state index in [1.165, 1.54) is 32.1 Å². The highest BCUT2D eigenvalue weighted by atomic mass is 15.4. The summed E-state index contributed by atoms with van der Waals surface area (Å²) >= 11 is 0. The van der Waals surface area contributed by atoms with Crippen LogP contribution in [0.5, 0.6) is 0 Å². The Bertz CT molecular complexity index is 429. The van der Waals surface area contributed by atoms with Gasteiger partial charge >= 0.3 is 0 Å². The van der Waals surface area contributed by atoms with Crippen molar-refractivity contribution < 1.29 is 0 Å². The number of aromatic nitrogens is 3. The highest BCUT2D eigenvalue weighted by Crippen LogP contribution is 2.27. The summed E-state index contributed by atoms with van der Waals surface area (Å²) in [6.45, 7) is 2.20. The van der Waals surface area contributed by atoms with Gasteiger partial charge in [-0.25, -0.2) is 5.84 Å². The lowest BCUT2D eigenvalue weighted by Gasteiger charge is -2.28. The third kappa shape index (κ3) is 3.69. The van der Waals surface area contributed by atoms with Gasteiger partial charge in [0.05, 0.1) is 0 Å². The normalized spacial score (nSPS) is 17.6. The summed E-state index contributed by atoms with van der Waals surface area (Å²) in [4.78, 5) is 14.7. The van der Waals surface area contributed by atoms with Crippen molar-refractivity contribution in [2.45, 2.75) is 45.1 Å². The maximum atomic E-state index is 5.41. The highest BCUT2D eigenvalue weighted by Gasteiger charge is 2.21. The van der Waals surface area contributed by atoms with Crippen molar-refractivity contribution in [2.75, 3.05) is 29.7 Å². The van der Waals surface area contributed by atoms with Crippen molar-refractivity contribution in [3.8, 4) is 0 Å². The first-order valence-electron chi connectivity index (χ1n) is 7.26. The second-order valence-electron chi connectivity index (χ2n) is 5.65. The first-order valence-corrected chi connectivity index (χ1v) is 7.26. The van der Waals surface area contributed by atoms with E-state index in [0.717, 1.165) is 0 Å². The number of hydrogen-bond donors (Lipinski definition) is 3. The Labute approximate surface area is 120 Å². The van der Waals surface area contributed by atoms with E-state index in [2.05, 4.69) is 32.6 Å². The average molecular weight is 279 g/mol.